The van der Waals surface area contributed by atoms with E-state index in [-0.39, 0.29) is 17.5 Å². The lowest BCUT2D eigenvalue weighted by molar-refractivity contribution is -0.139. The van der Waals surface area contributed by atoms with Gasteiger partial charge in [-0.1, -0.05) is 6.07 Å². The van der Waals surface area contributed by atoms with E-state index in [4.69, 9.17) is 0 Å². The van der Waals surface area contributed by atoms with E-state index < -0.39 is 23.4 Å². The van der Waals surface area contributed by atoms with E-state index in [2.05, 4.69) is 20.9 Å². The van der Waals surface area contributed by atoms with Crippen LogP contribution in [0.1, 0.15) is 45.1 Å². The van der Waals surface area contributed by atoms with E-state index in [0.29, 0.717) is 60.7 Å². The van der Waals surface area contributed by atoms with Crippen LogP contribution in [0.3, 0.4) is 0 Å². The number of nitrogens with zero attached hydrogens (tertiary/aromatic N) is 2. The number of β-amino-alcohol motifs (C(OH)–C–C–N with tert-alkyl or cyclic N) is 1. The minimum atomic E-state index is -0.923. The third-order valence-corrected chi connectivity index (χ3v) is 7.11. The number of carbonyl (C=O) groups is 2. The molecule has 37 heavy (non-hydrogen) atoms. The summed E-state index contributed by atoms with van der Waals surface area (Å²) < 4.78 is 27.0. The van der Waals surface area contributed by atoms with Crippen LogP contribution >= 0.6 is 0 Å². The Morgan fingerprint density at radius 1 is 1.14 bits per heavy atom. The third-order valence-electron chi connectivity index (χ3n) is 7.11. The zero-order chi connectivity index (χ0) is 26.3. The number of benzene rings is 1. The molecule has 2 amide bonds. The molecule has 194 valence electrons. The molecule has 1 aromatic carbocycles. The summed E-state index contributed by atoms with van der Waals surface area (Å²) in [6.45, 7) is 4.63. The van der Waals surface area contributed by atoms with Gasteiger partial charge in [0.05, 0.1) is 22.9 Å². The number of aromatic nitrogens is 1. The fourth-order valence-corrected chi connectivity index (χ4v) is 5.04. The Balaban J connectivity index is 1.38. The standard InChI is InChI=1S/C27H29F2N5O3/c1-27(2,26(37)34-9-3-4-18(35)14-34)15-5-8-20-22(10-15)32-25(36)19-7-6-16(11-21(19)31-20)30-17-12-23(28)33-24(29)13-17/h5,8,10-13,18,31,35H,3-4,6-7,9,14H2,1-2H3,(H,30,33)(H,32,36)/t18-/m1/s1. The van der Waals surface area contributed by atoms with Crippen LogP contribution < -0.4 is 16.0 Å². The Hall–Kier alpha value is -3.79. The summed E-state index contributed by atoms with van der Waals surface area (Å²) >= 11 is 0. The number of aliphatic hydroxyl groups excluding tert-OH is 1. The van der Waals surface area contributed by atoms with Gasteiger partial charge in [-0.05, 0) is 63.3 Å². The number of likely N-dealkylation sites (tertiary alicyclic amines) is 1. The van der Waals surface area contributed by atoms with E-state index >= 15 is 0 Å². The normalized spacial score (nSPS) is 19.7. The third kappa shape index (κ3) is 5.06. The summed E-state index contributed by atoms with van der Waals surface area (Å²) in [7, 11) is 0. The minimum absolute atomic E-state index is 0.0702. The first-order chi connectivity index (χ1) is 17.6. The highest BCUT2D eigenvalue weighted by molar-refractivity contribution is 6.08. The maximum atomic E-state index is 13.5. The van der Waals surface area contributed by atoms with E-state index in [1.807, 2.05) is 32.0 Å². The van der Waals surface area contributed by atoms with Crippen molar-refractivity contribution >= 4 is 28.9 Å². The summed E-state index contributed by atoms with van der Waals surface area (Å²) in [4.78, 5) is 31.2. The zero-order valence-corrected chi connectivity index (χ0v) is 20.7. The number of hydrogen-bond acceptors (Lipinski definition) is 6. The highest BCUT2D eigenvalue weighted by Crippen LogP contribution is 2.37. The van der Waals surface area contributed by atoms with Gasteiger partial charge in [0, 0.05) is 47.9 Å². The van der Waals surface area contributed by atoms with E-state index in [9.17, 15) is 23.5 Å². The second kappa shape index (κ2) is 9.59. The molecular weight excluding hydrogens is 480 g/mol. The summed E-state index contributed by atoms with van der Waals surface area (Å²) in [5, 5.41) is 19.3. The van der Waals surface area contributed by atoms with Crippen molar-refractivity contribution in [1.29, 1.82) is 0 Å². The van der Waals surface area contributed by atoms with Crippen LogP contribution in [0.15, 0.2) is 53.4 Å². The number of aliphatic hydroxyl groups is 1. The molecule has 0 bridgehead atoms. The predicted octanol–water partition coefficient (Wildman–Crippen LogP) is 4.03. The Morgan fingerprint density at radius 2 is 1.89 bits per heavy atom. The molecule has 1 fully saturated rings. The monoisotopic (exact) mass is 509 g/mol. The van der Waals surface area contributed by atoms with E-state index in [1.165, 1.54) is 0 Å². The molecule has 5 rings (SSSR count). The summed E-state index contributed by atoms with van der Waals surface area (Å²) in [5.41, 5.74) is 3.18. The van der Waals surface area contributed by atoms with Crippen LogP contribution in [0.25, 0.3) is 0 Å². The molecule has 8 nitrogen and oxygen atoms in total. The van der Waals surface area contributed by atoms with Crippen molar-refractivity contribution in [2.45, 2.75) is 51.0 Å². The quantitative estimate of drug-likeness (QED) is 0.464. The number of halogens is 2. The van der Waals surface area contributed by atoms with Crippen LogP contribution in [0.2, 0.25) is 0 Å². The second-order valence-electron chi connectivity index (χ2n) is 10.2. The van der Waals surface area contributed by atoms with Crippen LogP contribution in [-0.2, 0) is 15.0 Å². The first kappa shape index (κ1) is 24.9. The first-order valence-corrected chi connectivity index (χ1v) is 12.3. The van der Waals surface area contributed by atoms with Crippen molar-refractivity contribution in [3.63, 3.8) is 0 Å². The van der Waals surface area contributed by atoms with Crippen molar-refractivity contribution in [2.24, 2.45) is 0 Å². The fourth-order valence-electron chi connectivity index (χ4n) is 5.04. The van der Waals surface area contributed by atoms with Crippen LogP contribution in [-0.4, -0.2) is 46.0 Å². The van der Waals surface area contributed by atoms with Crippen molar-refractivity contribution < 1.29 is 23.5 Å². The molecule has 0 saturated carbocycles. The molecule has 0 radical (unpaired) electrons. The molecule has 0 unspecified atom stereocenters. The average molecular weight is 510 g/mol. The lowest BCUT2D eigenvalue weighted by Gasteiger charge is -2.36. The number of carbonyl (C=O) groups excluding carboxylic acids is 2. The van der Waals surface area contributed by atoms with Crippen molar-refractivity contribution in [2.75, 3.05) is 29.0 Å². The van der Waals surface area contributed by atoms with Gasteiger partial charge in [0.25, 0.3) is 5.91 Å². The van der Waals surface area contributed by atoms with Crippen molar-refractivity contribution in [3.05, 3.63) is 70.8 Å². The highest BCUT2D eigenvalue weighted by Gasteiger charge is 2.36. The molecule has 3 heterocycles. The van der Waals surface area contributed by atoms with Crippen molar-refractivity contribution in [3.8, 4) is 0 Å². The van der Waals surface area contributed by atoms with E-state index in [0.717, 1.165) is 24.1 Å². The highest BCUT2D eigenvalue weighted by atomic mass is 19.1. The first-order valence-electron chi connectivity index (χ1n) is 12.3. The zero-order valence-electron chi connectivity index (χ0n) is 20.7. The fraction of sp³-hybridized carbons (Fsp3) is 0.370. The van der Waals surface area contributed by atoms with Crippen LogP contribution in [0.5, 0.6) is 0 Å². The summed E-state index contributed by atoms with van der Waals surface area (Å²) in [5.74, 6) is -2.17. The Bertz CT molecular complexity index is 1320. The number of pyridine rings is 1. The maximum absolute atomic E-state index is 13.5. The Morgan fingerprint density at radius 3 is 2.62 bits per heavy atom. The number of piperidine rings is 1. The van der Waals surface area contributed by atoms with Crippen molar-refractivity contribution in [1.82, 2.24) is 9.88 Å². The van der Waals surface area contributed by atoms with Gasteiger partial charge >= 0.3 is 0 Å². The summed E-state index contributed by atoms with van der Waals surface area (Å²) in [6, 6.07) is 7.69. The number of hydrogen-bond donors (Lipinski definition) is 4. The van der Waals surface area contributed by atoms with Gasteiger partial charge in [0.1, 0.15) is 0 Å². The maximum Gasteiger partial charge on any atom is 0.253 e. The van der Waals surface area contributed by atoms with Crippen LogP contribution in [0.4, 0.5) is 25.8 Å². The van der Waals surface area contributed by atoms with Gasteiger partial charge in [0.15, 0.2) is 0 Å². The molecule has 1 atom stereocenters. The summed E-state index contributed by atoms with van der Waals surface area (Å²) in [6.07, 6.45) is 3.60. The van der Waals surface area contributed by atoms with Gasteiger partial charge in [-0.3, -0.25) is 9.59 Å². The average Bonchev–Trinajstić information content (AvgIpc) is 2.97. The Labute approximate surface area is 213 Å². The molecule has 2 aliphatic heterocycles. The predicted molar refractivity (Wildman–Crippen MR) is 136 cm³/mol. The molecule has 1 saturated heterocycles. The lowest BCUT2D eigenvalue weighted by Crippen LogP contribution is -2.49. The molecule has 2 aromatic rings. The SMILES string of the molecule is CC(C)(C(=O)N1CCC[C@@H](O)C1)c1ccc2c(c1)NC(=O)C1=C(C=C(Nc3cc(F)nc(F)c3)CC1)N2. The number of amides is 2. The van der Waals surface area contributed by atoms with Gasteiger partial charge in [0.2, 0.25) is 17.8 Å². The van der Waals surface area contributed by atoms with Gasteiger partial charge in [-0.2, -0.15) is 13.8 Å². The molecule has 0 spiro atoms. The molecule has 10 heteroatoms. The number of allylic oxidation sites excluding steroid dienone is 2. The van der Waals surface area contributed by atoms with Gasteiger partial charge in [-0.25, -0.2) is 0 Å². The minimum Gasteiger partial charge on any atom is -0.391 e. The van der Waals surface area contributed by atoms with Crippen LogP contribution in [0, 0.1) is 11.9 Å². The molecule has 3 aliphatic rings. The lowest BCUT2D eigenvalue weighted by atomic mass is 9.82. The number of nitrogens with one attached hydrogen (secondary N) is 3. The molecular formula is C27H29F2N5O3. The number of anilines is 3. The van der Waals surface area contributed by atoms with Gasteiger partial charge in [-0.15, -0.1) is 0 Å². The number of fused-ring (bicyclic) bond motifs is 1. The topological polar surface area (TPSA) is 107 Å². The molecule has 1 aliphatic carbocycles. The Kier molecular flexibility index (Phi) is 6.45. The largest absolute Gasteiger partial charge is 0.391 e. The molecule has 4 N–H and O–H groups in total. The smallest absolute Gasteiger partial charge is 0.253 e. The van der Waals surface area contributed by atoms with Gasteiger partial charge < -0.3 is 26.0 Å². The molecule has 1 aromatic heterocycles. The van der Waals surface area contributed by atoms with E-state index in [1.54, 1.807) is 11.0 Å². The second-order valence-corrected chi connectivity index (χ2v) is 10.2. The number of rotatable bonds is 4.